The minimum atomic E-state index is -4.10. The highest BCUT2D eigenvalue weighted by Gasteiger charge is 2.26. The Bertz CT molecular complexity index is 336. The molecule has 6 heteroatoms. The lowest BCUT2D eigenvalue weighted by molar-refractivity contribution is -0.135. The number of nitrogens with two attached hydrogens (primary N) is 1. The standard InChI is InChI=1S/C10H16F3N3/c1-9(2,14)8-6-15-7-16(8)5-3-4-10(11,12)13/h6-7H,3-5,14H2,1-2H3. The average molecular weight is 235 g/mol. The second-order valence-electron chi connectivity index (χ2n) is 4.41. The van der Waals surface area contributed by atoms with E-state index >= 15 is 0 Å². The zero-order valence-electron chi connectivity index (χ0n) is 9.38. The minimum absolute atomic E-state index is 0.0446. The molecule has 92 valence electrons. The second kappa shape index (κ2) is 4.45. The Hall–Kier alpha value is -1.04. The number of hydrogen-bond acceptors (Lipinski definition) is 2. The van der Waals surface area contributed by atoms with Crippen LogP contribution in [0.3, 0.4) is 0 Å². The number of alkyl halides is 3. The summed E-state index contributed by atoms with van der Waals surface area (Å²) in [5.41, 5.74) is 6.03. The smallest absolute Gasteiger partial charge is 0.333 e. The molecule has 1 aromatic heterocycles. The van der Waals surface area contributed by atoms with E-state index in [1.54, 1.807) is 24.6 Å². The van der Waals surface area contributed by atoms with Crippen LogP contribution in [0.1, 0.15) is 32.4 Å². The van der Waals surface area contributed by atoms with Crippen LogP contribution < -0.4 is 5.73 Å². The molecule has 0 aromatic carbocycles. The maximum Gasteiger partial charge on any atom is 0.389 e. The van der Waals surface area contributed by atoms with Gasteiger partial charge in [0, 0.05) is 19.2 Å². The molecule has 0 fully saturated rings. The van der Waals surface area contributed by atoms with Crippen molar-refractivity contribution in [1.29, 1.82) is 0 Å². The van der Waals surface area contributed by atoms with Gasteiger partial charge in [-0.15, -0.1) is 0 Å². The van der Waals surface area contributed by atoms with Crippen LogP contribution >= 0.6 is 0 Å². The fourth-order valence-corrected chi connectivity index (χ4v) is 1.49. The molecule has 0 radical (unpaired) electrons. The van der Waals surface area contributed by atoms with E-state index in [0.29, 0.717) is 0 Å². The first-order chi connectivity index (χ1) is 7.20. The molecule has 0 aliphatic carbocycles. The normalized spacial score (nSPS) is 13.1. The summed E-state index contributed by atoms with van der Waals surface area (Å²) in [7, 11) is 0. The van der Waals surface area contributed by atoms with E-state index in [9.17, 15) is 13.2 Å². The topological polar surface area (TPSA) is 43.8 Å². The van der Waals surface area contributed by atoms with E-state index in [0.717, 1.165) is 5.69 Å². The van der Waals surface area contributed by atoms with E-state index in [1.807, 2.05) is 0 Å². The van der Waals surface area contributed by atoms with E-state index in [1.165, 1.54) is 6.33 Å². The molecule has 0 saturated heterocycles. The summed E-state index contributed by atoms with van der Waals surface area (Å²) in [6, 6.07) is 0. The highest BCUT2D eigenvalue weighted by molar-refractivity contribution is 5.09. The van der Waals surface area contributed by atoms with Crippen molar-refractivity contribution in [2.75, 3.05) is 0 Å². The number of halogens is 3. The van der Waals surface area contributed by atoms with Gasteiger partial charge in [0.05, 0.1) is 17.6 Å². The molecule has 16 heavy (non-hydrogen) atoms. The fraction of sp³-hybridized carbons (Fsp3) is 0.700. The number of hydrogen-bond donors (Lipinski definition) is 1. The number of aromatic nitrogens is 2. The molecule has 0 spiro atoms. The monoisotopic (exact) mass is 235 g/mol. The summed E-state index contributed by atoms with van der Waals surface area (Å²) in [4.78, 5) is 3.91. The van der Waals surface area contributed by atoms with Gasteiger partial charge in [0.1, 0.15) is 0 Å². The third-order valence-electron chi connectivity index (χ3n) is 2.23. The van der Waals surface area contributed by atoms with Crippen LogP contribution in [0.5, 0.6) is 0 Å². The fourth-order valence-electron chi connectivity index (χ4n) is 1.49. The van der Waals surface area contributed by atoms with Crippen LogP contribution in [0.4, 0.5) is 13.2 Å². The first-order valence-electron chi connectivity index (χ1n) is 5.06. The molecule has 0 bridgehead atoms. The summed E-state index contributed by atoms with van der Waals surface area (Å²) < 4.78 is 37.6. The van der Waals surface area contributed by atoms with Gasteiger partial charge >= 0.3 is 6.18 Å². The van der Waals surface area contributed by atoms with Crippen LogP contribution in [-0.2, 0) is 12.1 Å². The lowest BCUT2D eigenvalue weighted by atomic mass is 10.0. The van der Waals surface area contributed by atoms with Crippen LogP contribution in [0.2, 0.25) is 0 Å². The first kappa shape index (κ1) is 13.0. The molecule has 0 aliphatic rings. The van der Waals surface area contributed by atoms with Crippen molar-refractivity contribution in [3.63, 3.8) is 0 Å². The Labute approximate surface area is 92.5 Å². The minimum Gasteiger partial charge on any atom is -0.333 e. The predicted octanol–water partition coefficient (Wildman–Crippen LogP) is 2.42. The molecule has 2 N–H and O–H groups in total. The van der Waals surface area contributed by atoms with Crippen molar-refractivity contribution in [3.05, 3.63) is 18.2 Å². The molecular weight excluding hydrogens is 219 g/mol. The second-order valence-corrected chi connectivity index (χ2v) is 4.41. The average Bonchev–Trinajstić information content (AvgIpc) is 2.48. The summed E-state index contributed by atoms with van der Waals surface area (Å²) in [6.07, 6.45) is -1.73. The number of aryl methyl sites for hydroxylation is 1. The SMILES string of the molecule is CC(C)(N)c1cncn1CCCC(F)(F)F. The quantitative estimate of drug-likeness (QED) is 0.871. The summed E-state index contributed by atoms with van der Waals surface area (Å²) in [5.74, 6) is 0. The molecule has 1 rings (SSSR count). The molecule has 3 nitrogen and oxygen atoms in total. The molecular formula is C10H16F3N3. The molecule has 0 saturated carbocycles. The molecule has 1 heterocycles. The van der Waals surface area contributed by atoms with Crippen molar-refractivity contribution in [1.82, 2.24) is 9.55 Å². The van der Waals surface area contributed by atoms with Crippen molar-refractivity contribution < 1.29 is 13.2 Å². The highest BCUT2D eigenvalue weighted by Crippen LogP contribution is 2.23. The maximum absolute atomic E-state index is 12.0. The van der Waals surface area contributed by atoms with Gasteiger partial charge in [0.2, 0.25) is 0 Å². The number of rotatable bonds is 4. The molecule has 1 aromatic rings. The zero-order chi connectivity index (χ0) is 12.4. The van der Waals surface area contributed by atoms with E-state index in [4.69, 9.17) is 5.73 Å². The Morgan fingerprint density at radius 2 is 2.00 bits per heavy atom. The zero-order valence-corrected chi connectivity index (χ0v) is 9.38. The third kappa shape index (κ3) is 3.84. The summed E-state index contributed by atoms with van der Waals surface area (Å²) in [6.45, 7) is 3.88. The Morgan fingerprint density at radius 1 is 1.38 bits per heavy atom. The summed E-state index contributed by atoms with van der Waals surface area (Å²) >= 11 is 0. The van der Waals surface area contributed by atoms with Crippen LogP contribution in [0.15, 0.2) is 12.5 Å². The third-order valence-corrected chi connectivity index (χ3v) is 2.23. The van der Waals surface area contributed by atoms with E-state index < -0.39 is 18.1 Å². The van der Waals surface area contributed by atoms with Gasteiger partial charge in [-0.2, -0.15) is 13.2 Å². The Kier molecular flexibility index (Phi) is 3.62. The lowest BCUT2D eigenvalue weighted by Crippen LogP contribution is -2.31. The highest BCUT2D eigenvalue weighted by atomic mass is 19.4. The van der Waals surface area contributed by atoms with Gasteiger partial charge in [-0.05, 0) is 20.3 Å². The van der Waals surface area contributed by atoms with Crippen LogP contribution in [0, 0.1) is 0 Å². The lowest BCUT2D eigenvalue weighted by Gasteiger charge is -2.20. The number of imidazole rings is 1. The van der Waals surface area contributed by atoms with Crippen molar-refractivity contribution in [3.8, 4) is 0 Å². The Morgan fingerprint density at radius 3 is 2.50 bits per heavy atom. The van der Waals surface area contributed by atoms with Gasteiger partial charge in [-0.25, -0.2) is 4.98 Å². The van der Waals surface area contributed by atoms with Crippen LogP contribution in [-0.4, -0.2) is 15.7 Å². The van der Waals surface area contributed by atoms with E-state index in [2.05, 4.69) is 4.98 Å². The van der Waals surface area contributed by atoms with E-state index in [-0.39, 0.29) is 13.0 Å². The Balaban J connectivity index is 2.59. The molecule has 0 amide bonds. The van der Waals surface area contributed by atoms with Gasteiger partial charge < -0.3 is 10.3 Å². The first-order valence-corrected chi connectivity index (χ1v) is 5.06. The van der Waals surface area contributed by atoms with Crippen molar-refractivity contribution in [2.24, 2.45) is 5.73 Å². The molecule has 0 atom stereocenters. The van der Waals surface area contributed by atoms with Gasteiger partial charge in [-0.3, -0.25) is 0 Å². The maximum atomic E-state index is 12.0. The largest absolute Gasteiger partial charge is 0.389 e. The van der Waals surface area contributed by atoms with Gasteiger partial charge in [0.25, 0.3) is 0 Å². The van der Waals surface area contributed by atoms with Gasteiger partial charge in [-0.1, -0.05) is 0 Å². The molecule has 0 unspecified atom stereocenters. The number of nitrogens with zero attached hydrogens (tertiary/aromatic N) is 2. The van der Waals surface area contributed by atoms with Crippen molar-refractivity contribution in [2.45, 2.75) is 44.9 Å². The van der Waals surface area contributed by atoms with Crippen LogP contribution in [0.25, 0.3) is 0 Å². The van der Waals surface area contributed by atoms with Gasteiger partial charge in [0.15, 0.2) is 0 Å². The molecule has 0 aliphatic heterocycles. The summed E-state index contributed by atoms with van der Waals surface area (Å²) in [5, 5.41) is 0. The predicted molar refractivity (Wildman–Crippen MR) is 54.7 cm³/mol. The van der Waals surface area contributed by atoms with Crippen molar-refractivity contribution >= 4 is 0 Å².